The maximum atomic E-state index is 12.6. The first-order chi connectivity index (χ1) is 14.2. The second kappa shape index (κ2) is 6.49. The minimum atomic E-state index is 0.115. The van der Waals surface area contributed by atoms with Gasteiger partial charge in [0, 0.05) is 35.0 Å². The van der Waals surface area contributed by atoms with Gasteiger partial charge < -0.3 is 4.98 Å². The molecule has 1 N–H and O–H groups in total. The Morgan fingerprint density at radius 2 is 1.93 bits per heavy atom. The van der Waals surface area contributed by atoms with Gasteiger partial charge in [-0.1, -0.05) is 18.2 Å². The topological polar surface area (TPSA) is 61.9 Å². The number of hydrogen-bond acceptors (Lipinski definition) is 4. The van der Waals surface area contributed by atoms with E-state index >= 15 is 0 Å². The van der Waals surface area contributed by atoms with Crippen LogP contribution in [0.1, 0.15) is 60.7 Å². The number of nitrogens with zero attached hydrogens (tertiary/aromatic N) is 3. The van der Waals surface area contributed by atoms with Crippen molar-refractivity contribution in [3.05, 3.63) is 69.5 Å². The highest BCUT2D eigenvalue weighted by Gasteiger charge is 2.44. The van der Waals surface area contributed by atoms with Gasteiger partial charge in [0.2, 0.25) is 0 Å². The van der Waals surface area contributed by atoms with Crippen LogP contribution in [0.5, 0.6) is 0 Å². The molecule has 5 heteroatoms. The molecule has 148 valence electrons. The Kier molecular flexibility index (Phi) is 3.88. The first kappa shape index (κ1) is 17.3. The quantitative estimate of drug-likeness (QED) is 0.746. The van der Waals surface area contributed by atoms with Gasteiger partial charge in [-0.25, -0.2) is 4.98 Å². The number of likely N-dealkylation sites (tertiary alicyclic amines) is 1. The zero-order chi connectivity index (χ0) is 19.4. The molecule has 2 aromatic heterocycles. The van der Waals surface area contributed by atoms with Gasteiger partial charge in [0.25, 0.3) is 5.56 Å². The van der Waals surface area contributed by atoms with E-state index in [0.29, 0.717) is 5.92 Å². The van der Waals surface area contributed by atoms with Crippen molar-refractivity contribution >= 4 is 10.9 Å². The molecular formula is C24H26N4O. The molecule has 1 aliphatic heterocycles. The number of aromatic nitrogens is 3. The van der Waals surface area contributed by atoms with Crippen LogP contribution >= 0.6 is 0 Å². The van der Waals surface area contributed by atoms with E-state index in [1.165, 1.54) is 23.8 Å². The Labute approximate surface area is 170 Å². The van der Waals surface area contributed by atoms with E-state index in [0.717, 1.165) is 67.9 Å². The third kappa shape index (κ3) is 2.91. The molecule has 0 radical (unpaired) electrons. The summed E-state index contributed by atoms with van der Waals surface area (Å²) in [6, 6.07) is 10.5. The fourth-order valence-electron chi connectivity index (χ4n) is 5.38. The Hall–Kier alpha value is -2.53. The van der Waals surface area contributed by atoms with Crippen LogP contribution in [-0.2, 0) is 18.4 Å². The minimum Gasteiger partial charge on any atom is -0.310 e. The van der Waals surface area contributed by atoms with E-state index in [2.05, 4.69) is 39.1 Å². The zero-order valence-corrected chi connectivity index (χ0v) is 16.7. The van der Waals surface area contributed by atoms with Gasteiger partial charge in [-0.3, -0.25) is 14.7 Å². The Balaban J connectivity index is 1.24. The van der Waals surface area contributed by atoms with Crippen LogP contribution < -0.4 is 5.56 Å². The largest absolute Gasteiger partial charge is 0.310 e. The second-order valence-electron chi connectivity index (χ2n) is 9.10. The summed E-state index contributed by atoms with van der Waals surface area (Å²) in [5.74, 6) is 1.44. The highest BCUT2D eigenvalue weighted by molar-refractivity contribution is 5.81. The smallest absolute Gasteiger partial charge is 0.254 e. The number of pyridine rings is 1. The molecule has 3 heterocycles. The fraction of sp³-hybridized carbons (Fsp3) is 0.458. The van der Waals surface area contributed by atoms with Crippen LogP contribution in [0.25, 0.3) is 10.9 Å². The van der Waals surface area contributed by atoms with Gasteiger partial charge >= 0.3 is 0 Å². The molecule has 0 atom stereocenters. The van der Waals surface area contributed by atoms with Crippen molar-refractivity contribution in [1.82, 2.24) is 19.9 Å². The third-order valence-electron chi connectivity index (χ3n) is 7.30. The molecule has 0 amide bonds. The summed E-state index contributed by atoms with van der Waals surface area (Å²) in [6.07, 6.45) is 8.43. The van der Waals surface area contributed by atoms with E-state index < -0.39 is 0 Å². The molecule has 1 aromatic carbocycles. The number of H-pyrrole nitrogens is 1. The van der Waals surface area contributed by atoms with Gasteiger partial charge in [0.15, 0.2) is 0 Å². The number of hydrogen-bond donors (Lipinski definition) is 1. The van der Waals surface area contributed by atoms with E-state index in [-0.39, 0.29) is 11.0 Å². The van der Waals surface area contributed by atoms with E-state index in [4.69, 9.17) is 4.98 Å². The van der Waals surface area contributed by atoms with Gasteiger partial charge in [0.1, 0.15) is 5.82 Å². The lowest BCUT2D eigenvalue weighted by molar-refractivity contribution is 0.150. The van der Waals surface area contributed by atoms with Crippen molar-refractivity contribution in [3.8, 4) is 0 Å². The normalized spacial score (nSPS) is 21.0. The predicted octanol–water partition coefficient (Wildman–Crippen LogP) is 3.68. The van der Waals surface area contributed by atoms with E-state index in [1.807, 2.05) is 12.3 Å². The predicted molar refractivity (Wildman–Crippen MR) is 113 cm³/mol. The minimum absolute atomic E-state index is 0.115. The molecular weight excluding hydrogens is 360 g/mol. The number of fused-ring (bicyclic) bond motifs is 3. The lowest BCUT2D eigenvalue weighted by atomic mass is 9.76. The molecule has 2 aliphatic carbocycles. The fourth-order valence-corrected chi connectivity index (χ4v) is 5.38. The maximum absolute atomic E-state index is 12.6. The summed E-state index contributed by atoms with van der Waals surface area (Å²) in [5.41, 5.74) is 4.76. The van der Waals surface area contributed by atoms with Crippen molar-refractivity contribution in [3.63, 3.8) is 0 Å². The summed E-state index contributed by atoms with van der Waals surface area (Å²) in [4.78, 5) is 27.7. The van der Waals surface area contributed by atoms with Gasteiger partial charge in [-0.15, -0.1) is 0 Å². The number of rotatable bonds is 3. The van der Waals surface area contributed by atoms with Crippen LogP contribution in [-0.4, -0.2) is 32.9 Å². The lowest BCUT2D eigenvalue weighted by Crippen LogP contribution is -2.42. The molecule has 1 saturated heterocycles. The molecule has 29 heavy (non-hydrogen) atoms. The van der Waals surface area contributed by atoms with Gasteiger partial charge in [0.05, 0.1) is 11.2 Å². The monoisotopic (exact) mass is 386 g/mol. The zero-order valence-electron chi connectivity index (χ0n) is 16.7. The summed E-state index contributed by atoms with van der Waals surface area (Å²) in [7, 11) is 0. The van der Waals surface area contributed by atoms with Crippen molar-refractivity contribution in [2.24, 2.45) is 0 Å². The highest BCUT2D eigenvalue weighted by atomic mass is 16.1. The van der Waals surface area contributed by atoms with Gasteiger partial charge in [-0.05, 0) is 69.3 Å². The van der Waals surface area contributed by atoms with Crippen molar-refractivity contribution < 1.29 is 0 Å². The van der Waals surface area contributed by atoms with Gasteiger partial charge in [-0.2, -0.15) is 0 Å². The Bertz CT molecular complexity index is 1130. The van der Waals surface area contributed by atoms with Crippen LogP contribution in [0, 0.1) is 0 Å². The second-order valence-corrected chi connectivity index (χ2v) is 9.10. The average Bonchev–Trinajstić information content (AvgIpc) is 3.54. The molecule has 5 nitrogen and oxygen atoms in total. The summed E-state index contributed by atoms with van der Waals surface area (Å²) >= 11 is 0. The number of benzene rings is 1. The van der Waals surface area contributed by atoms with Crippen molar-refractivity contribution in [2.45, 2.75) is 56.4 Å². The molecule has 3 aromatic rings. The summed E-state index contributed by atoms with van der Waals surface area (Å²) in [5, 5.41) is 1.25. The molecule has 1 saturated carbocycles. The van der Waals surface area contributed by atoms with Crippen molar-refractivity contribution in [2.75, 3.05) is 13.1 Å². The number of para-hydroxylation sites is 1. The third-order valence-corrected chi connectivity index (χ3v) is 7.30. The first-order valence-electron chi connectivity index (χ1n) is 10.9. The number of nitrogens with one attached hydrogen (secondary N) is 1. The molecule has 0 unspecified atom stereocenters. The molecule has 0 bridgehead atoms. The summed E-state index contributed by atoms with van der Waals surface area (Å²) < 4.78 is 0. The van der Waals surface area contributed by atoms with Crippen LogP contribution in [0.15, 0.2) is 41.3 Å². The summed E-state index contributed by atoms with van der Waals surface area (Å²) in [6.45, 7) is 3.08. The Morgan fingerprint density at radius 1 is 1.10 bits per heavy atom. The highest BCUT2D eigenvalue weighted by Crippen LogP contribution is 2.46. The maximum Gasteiger partial charge on any atom is 0.254 e. The SMILES string of the molecule is O=c1[nH]c(C2CC2)nc2c1CCC21CCN(Cc2ccnc3ccccc23)CC1. The molecule has 6 rings (SSSR count). The standard InChI is InChI=1S/C24H26N4O/c29-23-19-7-9-24(21(19)26-22(27-23)16-5-6-16)10-13-28(14-11-24)15-17-8-12-25-20-4-2-1-3-18(17)20/h1-4,8,12,16H,5-7,9-11,13-15H2,(H,26,27,29). The molecule has 3 aliphatic rings. The van der Waals surface area contributed by atoms with E-state index in [9.17, 15) is 4.79 Å². The Morgan fingerprint density at radius 3 is 2.76 bits per heavy atom. The molecule has 2 fully saturated rings. The first-order valence-corrected chi connectivity index (χ1v) is 10.9. The van der Waals surface area contributed by atoms with Crippen LogP contribution in [0.4, 0.5) is 0 Å². The van der Waals surface area contributed by atoms with E-state index in [1.54, 1.807) is 0 Å². The molecule has 1 spiro atoms. The number of aromatic amines is 1. The lowest BCUT2D eigenvalue weighted by Gasteiger charge is -2.39. The van der Waals surface area contributed by atoms with Crippen molar-refractivity contribution in [1.29, 1.82) is 0 Å². The average molecular weight is 386 g/mol. The van der Waals surface area contributed by atoms with Crippen LogP contribution in [0.2, 0.25) is 0 Å². The number of piperidine rings is 1. The van der Waals surface area contributed by atoms with Crippen LogP contribution in [0.3, 0.4) is 0 Å².